The molecule has 0 saturated carbocycles. The maximum Gasteiger partial charge on any atom is 0.361 e. The summed E-state index contributed by atoms with van der Waals surface area (Å²) in [6.07, 6.45) is 102. The van der Waals surface area contributed by atoms with Crippen LogP contribution in [0.3, 0.4) is 0 Å². The number of hydrogen-bond acceptors (Lipinski definition) is 7. The monoisotopic (exact) mass is 1380 g/mol. The fourth-order valence-corrected chi connectivity index (χ4v) is 13.5. The van der Waals surface area contributed by atoms with E-state index in [2.05, 4.69) is 50.3 Å². The fraction of sp³-hybridized carbons (Fsp3) is 0.899. The van der Waals surface area contributed by atoms with E-state index in [0.717, 1.165) is 51.4 Å². The van der Waals surface area contributed by atoms with Gasteiger partial charge in [-0.2, -0.15) is 0 Å². The van der Waals surface area contributed by atoms with Gasteiger partial charge in [0.25, 0.3) is 6.29 Å². The van der Waals surface area contributed by atoms with Gasteiger partial charge in [0.05, 0.1) is 34.4 Å². The third-order valence-corrected chi connectivity index (χ3v) is 20.1. The van der Waals surface area contributed by atoms with Gasteiger partial charge in [0.2, 0.25) is 0 Å². The molecule has 0 rings (SSSR count). The Morgan fingerprint density at radius 3 is 0.816 bits per heavy atom. The molecular weight excluding hydrogens is 1210 g/mol. The van der Waals surface area contributed by atoms with Gasteiger partial charge in [-0.3, -0.25) is 9.59 Å². The van der Waals surface area contributed by atoms with Crippen molar-refractivity contribution in [3.63, 3.8) is 0 Å². The van der Waals surface area contributed by atoms with Crippen LogP contribution in [0.15, 0.2) is 36.5 Å². The van der Waals surface area contributed by atoms with Gasteiger partial charge in [0.15, 0.2) is 6.10 Å². The van der Waals surface area contributed by atoms with Crippen LogP contribution in [0.5, 0.6) is 0 Å². The Balaban J connectivity index is 3.90. The minimum absolute atomic E-state index is 0.174. The Morgan fingerprint density at radius 1 is 0.306 bits per heavy atom. The second-order valence-electron chi connectivity index (χ2n) is 31.2. The second kappa shape index (κ2) is 80.2. The van der Waals surface area contributed by atoms with E-state index in [1.807, 2.05) is 21.1 Å². The molecule has 0 amide bonds. The lowest BCUT2D eigenvalue weighted by atomic mass is 10.0. The van der Waals surface area contributed by atoms with Crippen LogP contribution < -0.4 is 0 Å². The van der Waals surface area contributed by atoms with Gasteiger partial charge in [0, 0.05) is 12.8 Å². The van der Waals surface area contributed by atoms with E-state index in [1.54, 1.807) is 0 Å². The van der Waals surface area contributed by atoms with E-state index in [4.69, 9.17) is 18.9 Å². The molecule has 0 bridgehead atoms. The number of esters is 2. The predicted octanol–water partition coefficient (Wildman–Crippen LogP) is 28.2. The van der Waals surface area contributed by atoms with Gasteiger partial charge in [-0.25, -0.2) is 4.79 Å². The van der Waals surface area contributed by atoms with Crippen LogP contribution in [-0.2, 0) is 33.3 Å². The van der Waals surface area contributed by atoms with Crippen LogP contribution >= 0.6 is 0 Å². The number of rotatable bonds is 83. The first-order valence-corrected chi connectivity index (χ1v) is 43.7. The molecule has 0 heterocycles. The zero-order valence-electron chi connectivity index (χ0n) is 66.5. The number of carbonyl (C=O) groups is 3. The van der Waals surface area contributed by atoms with Crippen LogP contribution in [0.1, 0.15) is 457 Å². The van der Waals surface area contributed by atoms with E-state index < -0.39 is 18.4 Å². The summed E-state index contributed by atoms with van der Waals surface area (Å²) in [6.45, 7) is 4.96. The first kappa shape index (κ1) is 95.5. The minimum Gasteiger partial charge on any atom is -0.477 e. The van der Waals surface area contributed by atoms with Crippen molar-refractivity contribution in [1.29, 1.82) is 0 Å². The lowest BCUT2D eigenvalue weighted by Crippen LogP contribution is -2.40. The Labute approximate surface area is 610 Å². The second-order valence-corrected chi connectivity index (χ2v) is 31.2. The summed E-state index contributed by atoms with van der Waals surface area (Å²) >= 11 is 0. The number of allylic oxidation sites excluding steroid dienone is 6. The average Bonchev–Trinajstić information content (AvgIpc) is 1.40. The summed E-state index contributed by atoms with van der Waals surface area (Å²) in [5.74, 6) is -1.96. The highest BCUT2D eigenvalue weighted by molar-refractivity contribution is 5.71. The van der Waals surface area contributed by atoms with Crippen molar-refractivity contribution in [3.8, 4) is 0 Å². The summed E-state index contributed by atoms with van der Waals surface area (Å²) < 4.78 is 23.1. The zero-order chi connectivity index (χ0) is 71.1. The van der Waals surface area contributed by atoms with Crippen LogP contribution in [-0.4, -0.2) is 87.4 Å². The lowest BCUT2D eigenvalue weighted by Gasteiger charge is -2.25. The number of quaternary nitrogens is 1. The van der Waals surface area contributed by atoms with Crippen LogP contribution in [0.25, 0.3) is 0 Å². The van der Waals surface area contributed by atoms with Gasteiger partial charge in [-0.1, -0.05) is 429 Å². The first-order valence-electron chi connectivity index (χ1n) is 43.7. The highest BCUT2D eigenvalue weighted by Crippen LogP contribution is 2.21. The molecule has 9 nitrogen and oxygen atoms in total. The zero-order valence-corrected chi connectivity index (χ0v) is 66.5. The maximum atomic E-state index is 13.0. The van der Waals surface area contributed by atoms with Crippen molar-refractivity contribution in [1.82, 2.24) is 0 Å². The van der Waals surface area contributed by atoms with E-state index in [9.17, 15) is 19.5 Å². The molecule has 98 heavy (non-hydrogen) atoms. The Kier molecular flexibility index (Phi) is 78.2. The molecule has 578 valence electrons. The van der Waals surface area contributed by atoms with E-state index in [0.29, 0.717) is 17.4 Å². The van der Waals surface area contributed by atoms with Crippen molar-refractivity contribution in [2.24, 2.45) is 0 Å². The molecule has 9 heteroatoms. The maximum absolute atomic E-state index is 13.0. The van der Waals surface area contributed by atoms with E-state index in [1.165, 1.54) is 379 Å². The molecule has 0 aliphatic rings. The third-order valence-electron chi connectivity index (χ3n) is 20.1. The summed E-state index contributed by atoms with van der Waals surface area (Å²) in [5.41, 5.74) is 0. The van der Waals surface area contributed by atoms with Crippen molar-refractivity contribution in [2.75, 3.05) is 47.5 Å². The SMILES string of the molecule is CCCCCCC/C=C\C/C=C\C/C=C\CCCCCCCCCCCCCCCCCCCCCCCCCCCCC(=O)OC(COC(=O)CCCCCCCCCCCCCCCCCCCCCCCCCCCCCCCCCC)COC(OCC[N+](C)(C)C)C(=O)O. The Bertz CT molecular complexity index is 1710. The number of nitrogens with zero attached hydrogens (tertiary/aromatic N) is 1. The number of ether oxygens (including phenoxy) is 4. The Hall–Kier alpha value is -2.49. The number of hydrogen-bond donors (Lipinski definition) is 1. The average molecular weight is 1380 g/mol. The van der Waals surface area contributed by atoms with Crippen LogP contribution in [0.2, 0.25) is 0 Å². The topological polar surface area (TPSA) is 108 Å². The van der Waals surface area contributed by atoms with Gasteiger partial charge in [-0.05, 0) is 51.4 Å². The normalized spacial score (nSPS) is 12.7. The number of carbonyl (C=O) groups excluding carboxylic acids is 2. The molecule has 0 aromatic rings. The molecule has 0 aromatic heterocycles. The summed E-state index contributed by atoms with van der Waals surface area (Å²) in [7, 11) is 6.01. The first-order chi connectivity index (χ1) is 48.1. The highest BCUT2D eigenvalue weighted by atomic mass is 16.7. The molecule has 0 saturated heterocycles. The lowest BCUT2D eigenvalue weighted by molar-refractivity contribution is -0.870. The van der Waals surface area contributed by atoms with Crippen molar-refractivity contribution >= 4 is 17.9 Å². The number of unbranched alkanes of at least 4 members (excludes halogenated alkanes) is 62. The third kappa shape index (κ3) is 80.8. The van der Waals surface area contributed by atoms with Gasteiger partial charge < -0.3 is 28.5 Å². The number of carboxylic acids is 1. The molecule has 1 N–H and O–H groups in total. The Morgan fingerprint density at radius 2 is 0.551 bits per heavy atom. The quantitative estimate of drug-likeness (QED) is 0.0211. The van der Waals surface area contributed by atoms with Gasteiger partial charge >= 0.3 is 17.9 Å². The summed E-state index contributed by atoms with van der Waals surface area (Å²) in [5, 5.41) is 9.79. The molecule has 0 aliphatic heterocycles. The van der Waals surface area contributed by atoms with E-state index in [-0.39, 0.29) is 38.2 Å². The molecule has 2 unspecified atom stereocenters. The highest BCUT2D eigenvalue weighted by Gasteiger charge is 2.25. The summed E-state index contributed by atoms with van der Waals surface area (Å²) in [6, 6.07) is 0. The predicted molar refractivity (Wildman–Crippen MR) is 424 cm³/mol. The number of carboxylic acid groups (broad SMARTS) is 1. The van der Waals surface area contributed by atoms with E-state index >= 15 is 0 Å². The van der Waals surface area contributed by atoms with Crippen molar-refractivity contribution in [2.45, 2.75) is 469 Å². The smallest absolute Gasteiger partial charge is 0.361 e. The number of aliphatic carboxylic acids is 1. The molecule has 0 spiro atoms. The largest absolute Gasteiger partial charge is 0.477 e. The standard InChI is InChI=1S/C89H169NO8/c1-6-8-10-12-14-16-18-20-22-24-26-28-30-32-34-36-38-40-41-42-43-44-45-46-47-48-50-52-54-56-58-60-62-64-66-68-70-72-74-76-78-80-87(92)98-85(84-97-89(88(93)94)95-82-81-90(3,4)5)83-96-86(91)79-77-75-73-71-69-67-65-63-61-59-57-55-53-51-49-39-37-35-33-31-29-27-25-23-21-19-17-15-13-11-9-7-2/h18,20,24,26,30,32,85,89H,6-17,19,21-23,25,27-29,31,33-84H2,1-5H3/p+1/b20-18-,26-24-,32-30-. The minimum atomic E-state index is -1.51. The van der Waals surface area contributed by atoms with Crippen molar-refractivity contribution < 1.29 is 42.9 Å². The summed E-state index contributed by atoms with van der Waals surface area (Å²) in [4.78, 5) is 37.8. The molecule has 0 aliphatic carbocycles. The molecule has 2 atom stereocenters. The fourth-order valence-electron chi connectivity index (χ4n) is 13.5. The number of likely N-dealkylation sites (N-methyl/N-ethyl adjacent to an activating group) is 1. The van der Waals surface area contributed by atoms with Crippen molar-refractivity contribution in [3.05, 3.63) is 36.5 Å². The van der Waals surface area contributed by atoms with Gasteiger partial charge in [0.1, 0.15) is 13.2 Å². The molecule has 0 radical (unpaired) electrons. The molecular formula is C89H170NO8+. The van der Waals surface area contributed by atoms with Gasteiger partial charge in [-0.15, -0.1) is 0 Å². The van der Waals surface area contributed by atoms with Crippen LogP contribution in [0.4, 0.5) is 0 Å². The molecule has 0 fully saturated rings. The molecule has 0 aromatic carbocycles. The van der Waals surface area contributed by atoms with Crippen LogP contribution in [0, 0.1) is 0 Å².